The van der Waals surface area contributed by atoms with Gasteiger partial charge in [-0.3, -0.25) is 0 Å². The van der Waals surface area contributed by atoms with Gasteiger partial charge in [0, 0.05) is 19.0 Å². The molecule has 5 nitrogen and oxygen atoms in total. The molecule has 0 bridgehead atoms. The van der Waals surface area contributed by atoms with Gasteiger partial charge in [0.1, 0.15) is 12.4 Å². The number of aromatic nitrogens is 3. The summed E-state index contributed by atoms with van der Waals surface area (Å²) in [7, 11) is 0. The molecule has 0 unspecified atom stereocenters. The quantitative estimate of drug-likeness (QED) is 0.938. The Hall–Kier alpha value is -1.95. The first-order valence-electron chi connectivity index (χ1n) is 7.24. The van der Waals surface area contributed by atoms with E-state index < -0.39 is 5.82 Å². The van der Waals surface area contributed by atoms with Crippen LogP contribution in [0.5, 0.6) is 5.75 Å². The summed E-state index contributed by atoms with van der Waals surface area (Å²) in [6.45, 7) is 2.95. The lowest BCUT2D eigenvalue weighted by Gasteiger charge is -2.15. The molecule has 0 saturated carbocycles. The summed E-state index contributed by atoms with van der Waals surface area (Å²) in [6, 6.07) is 4.61. The third kappa shape index (κ3) is 2.90. The van der Waals surface area contributed by atoms with Crippen molar-refractivity contribution in [3.63, 3.8) is 0 Å². The Bertz CT molecular complexity index is 639. The minimum Gasteiger partial charge on any atom is -0.483 e. The fourth-order valence-corrected chi connectivity index (χ4v) is 2.53. The van der Waals surface area contributed by atoms with Crippen LogP contribution in [0.3, 0.4) is 0 Å². The topological polar surface area (TPSA) is 66.0 Å². The van der Waals surface area contributed by atoms with Crippen molar-refractivity contribution < 1.29 is 9.13 Å². The van der Waals surface area contributed by atoms with Gasteiger partial charge in [-0.1, -0.05) is 6.07 Å². The zero-order chi connectivity index (χ0) is 14.8. The molecule has 0 aliphatic carbocycles. The Morgan fingerprint density at radius 2 is 2.24 bits per heavy atom. The third-order valence-electron chi connectivity index (χ3n) is 3.77. The van der Waals surface area contributed by atoms with E-state index in [0.29, 0.717) is 0 Å². The van der Waals surface area contributed by atoms with E-state index in [1.165, 1.54) is 6.07 Å². The first-order valence-corrected chi connectivity index (χ1v) is 7.24. The van der Waals surface area contributed by atoms with Gasteiger partial charge in [-0.05, 0) is 37.5 Å². The van der Waals surface area contributed by atoms with E-state index in [-0.39, 0.29) is 18.4 Å². The fourth-order valence-electron chi connectivity index (χ4n) is 2.53. The summed E-state index contributed by atoms with van der Waals surface area (Å²) < 4.78 is 21.6. The van der Waals surface area contributed by atoms with Crippen LogP contribution in [-0.4, -0.2) is 14.8 Å². The highest BCUT2D eigenvalue weighted by atomic mass is 19.1. The monoisotopic (exact) mass is 290 g/mol. The van der Waals surface area contributed by atoms with E-state index in [4.69, 9.17) is 10.5 Å². The second kappa shape index (κ2) is 5.81. The molecule has 1 aromatic carbocycles. The number of hydrogen-bond donors (Lipinski definition) is 1. The standard InChI is InChI=1S/C15H19FN4O/c1-10(17)11-5-6-13(12(16)8-11)21-9-15-19-18-14-4-2-3-7-20(14)15/h5-6,8,10H,2-4,7,9,17H2,1H3/t10-/m1/s1. The minimum atomic E-state index is -0.400. The molecule has 112 valence electrons. The van der Waals surface area contributed by atoms with Crippen LogP contribution in [-0.2, 0) is 19.6 Å². The number of hydrogen-bond acceptors (Lipinski definition) is 4. The lowest BCUT2D eigenvalue weighted by atomic mass is 10.1. The first kappa shape index (κ1) is 14.0. The van der Waals surface area contributed by atoms with Crippen LogP contribution in [0.2, 0.25) is 0 Å². The molecule has 2 heterocycles. The van der Waals surface area contributed by atoms with E-state index in [2.05, 4.69) is 14.8 Å². The average Bonchev–Trinajstić information content (AvgIpc) is 2.89. The van der Waals surface area contributed by atoms with Crippen molar-refractivity contribution >= 4 is 0 Å². The van der Waals surface area contributed by atoms with Gasteiger partial charge in [-0.15, -0.1) is 10.2 Å². The summed E-state index contributed by atoms with van der Waals surface area (Å²) in [5.74, 6) is 1.56. The predicted molar refractivity (Wildman–Crippen MR) is 76.3 cm³/mol. The van der Waals surface area contributed by atoms with Crippen molar-refractivity contribution in [3.8, 4) is 5.75 Å². The van der Waals surface area contributed by atoms with Crippen LogP contribution in [0, 0.1) is 5.82 Å². The second-order valence-electron chi connectivity index (χ2n) is 5.41. The van der Waals surface area contributed by atoms with Gasteiger partial charge in [0.25, 0.3) is 0 Å². The van der Waals surface area contributed by atoms with Crippen molar-refractivity contribution in [2.24, 2.45) is 5.73 Å². The van der Waals surface area contributed by atoms with E-state index >= 15 is 0 Å². The summed E-state index contributed by atoms with van der Waals surface area (Å²) >= 11 is 0. The highest BCUT2D eigenvalue weighted by Gasteiger charge is 2.16. The average molecular weight is 290 g/mol. The zero-order valence-electron chi connectivity index (χ0n) is 12.1. The molecule has 1 aliphatic rings. The summed E-state index contributed by atoms with van der Waals surface area (Å²) in [5.41, 5.74) is 6.48. The molecule has 2 aromatic rings. The molecule has 1 atom stereocenters. The Morgan fingerprint density at radius 1 is 1.38 bits per heavy atom. The molecule has 3 rings (SSSR count). The Balaban J connectivity index is 1.72. The molecule has 6 heteroatoms. The molecule has 0 spiro atoms. The second-order valence-corrected chi connectivity index (χ2v) is 5.41. The zero-order valence-corrected chi connectivity index (χ0v) is 12.1. The minimum absolute atomic E-state index is 0.197. The molecular formula is C15H19FN4O. The van der Waals surface area contributed by atoms with Gasteiger partial charge in [-0.2, -0.15) is 0 Å². The molecule has 0 fully saturated rings. The summed E-state index contributed by atoms with van der Waals surface area (Å²) in [4.78, 5) is 0. The number of ether oxygens (including phenoxy) is 1. The number of rotatable bonds is 4. The number of nitrogens with zero attached hydrogens (tertiary/aromatic N) is 3. The van der Waals surface area contributed by atoms with Crippen molar-refractivity contribution in [1.29, 1.82) is 0 Å². The van der Waals surface area contributed by atoms with Crippen LogP contribution in [0.25, 0.3) is 0 Å². The Labute approximate surface area is 122 Å². The summed E-state index contributed by atoms with van der Waals surface area (Å²) in [5, 5.41) is 8.29. The molecule has 0 radical (unpaired) electrons. The largest absolute Gasteiger partial charge is 0.483 e. The van der Waals surface area contributed by atoms with Crippen LogP contribution >= 0.6 is 0 Å². The lowest BCUT2D eigenvalue weighted by molar-refractivity contribution is 0.272. The maximum atomic E-state index is 14.0. The number of aryl methyl sites for hydroxylation is 1. The van der Waals surface area contributed by atoms with Gasteiger partial charge in [0.2, 0.25) is 0 Å². The van der Waals surface area contributed by atoms with Crippen molar-refractivity contribution in [1.82, 2.24) is 14.8 Å². The van der Waals surface area contributed by atoms with E-state index in [9.17, 15) is 4.39 Å². The summed E-state index contributed by atoms with van der Waals surface area (Å²) in [6.07, 6.45) is 3.21. The smallest absolute Gasteiger partial charge is 0.171 e. The molecule has 21 heavy (non-hydrogen) atoms. The van der Waals surface area contributed by atoms with Gasteiger partial charge in [-0.25, -0.2) is 4.39 Å². The van der Waals surface area contributed by atoms with E-state index in [0.717, 1.165) is 43.0 Å². The number of halogens is 1. The normalized spacial score (nSPS) is 15.6. The van der Waals surface area contributed by atoms with Crippen LogP contribution < -0.4 is 10.5 Å². The van der Waals surface area contributed by atoms with Gasteiger partial charge < -0.3 is 15.0 Å². The van der Waals surface area contributed by atoms with Crippen molar-refractivity contribution in [2.75, 3.05) is 0 Å². The Morgan fingerprint density at radius 3 is 3.00 bits per heavy atom. The fraction of sp³-hybridized carbons (Fsp3) is 0.467. The lowest BCUT2D eigenvalue weighted by Crippen LogP contribution is -2.14. The number of nitrogens with two attached hydrogens (primary N) is 1. The molecule has 2 N–H and O–H groups in total. The maximum Gasteiger partial charge on any atom is 0.171 e. The molecule has 0 saturated heterocycles. The molecule has 1 aliphatic heterocycles. The Kier molecular flexibility index (Phi) is 3.88. The van der Waals surface area contributed by atoms with Crippen molar-refractivity contribution in [3.05, 3.63) is 41.2 Å². The van der Waals surface area contributed by atoms with E-state index in [1.54, 1.807) is 12.1 Å². The molecular weight excluding hydrogens is 271 g/mol. The highest BCUT2D eigenvalue weighted by Crippen LogP contribution is 2.22. The van der Waals surface area contributed by atoms with E-state index in [1.807, 2.05) is 6.92 Å². The molecule has 1 aromatic heterocycles. The molecule has 0 amide bonds. The number of benzene rings is 1. The van der Waals surface area contributed by atoms with Crippen LogP contribution in [0.1, 0.15) is 43.0 Å². The van der Waals surface area contributed by atoms with Crippen LogP contribution in [0.15, 0.2) is 18.2 Å². The maximum absolute atomic E-state index is 14.0. The SMILES string of the molecule is C[C@@H](N)c1ccc(OCc2nnc3n2CCCC3)c(F)c1. The highest BCUT2D eigenvalue weighted by molar-refractivity contribution is 5.30. The first-order chi connectivity index (χ1) is 10.1. The third-order valence-corrected chi connectivity index (χ3v) is 3.77. The number of fused-ring (bicyclic) bond motifs is 1. The van der Waals surface area contributed by atoms with Gasteiger partial charge in [0.15, 0.2) is 17.4 Å². The predicted octanol–water partition coefficient (Wildman–Crippen LogP) is 2.35. The van der Waals surface area contributed by atoms with Crippen LogP contribution in [0.4, 0.5) is 4.39 Å². The van der Waals surface area contributed by atoms with Gasteiger partial charge >= 0.3 is 0 Å². The van der Waals surface area contributed by atoms with Crippen molar-refractivity contribution in [2.45, 2.75) is 45.4 Å². The van der Waals surface area contributed by atoms with Gasteiger partial charge in [0.05, 0.1) is 0 Å².